The standard InChI is InChI=1S/C55H33N5O2/c1-4-16-34(17-5-1)37-22-12-24-39(32-37)49-51-50(42-26-10-11-29-44(42)62-51)57-54(56-49)40-25-13-23-38(33-40)41-27-14-30-45-47(41)48-43(28-15-31-46(48)61-45)55-59-52(35-18-6-2-7-19-35)58-53(60-55)36-20-8-3-9-21-36/h1-33H. The summed E-state index contributed by atoms with van der Waals surface area (Å²) < 4.78 is 13.1. The van der Waals surface area contributed by atoms with Crippen LogP contribution in [0.5, 0.6) is 0 Å². The molecule has 0 aliphatic heterocycles. The molecule has 0 unspecified atom stereocenters. The van der Waals surface area contributed by atoms with Crippen LogP contribution in [0.25, 0.3) is 123 Å². The molecule has 0 aliphatic carbocycles. The molecule has 0 radical (unpaired) electrons. The van der Waals surface area contributed by atoms with Crippen LogP contribution in [-0.2, 0) is 0 Å². The Morgan fingerprint density at radius 3 is 1.48 bits per heavy atom. The Hall–Kier alpha value is -8.55. The second-order valence-electron chi connectivity index (χ2n) is 15.2. The predicted octanol–water partition coefficient (Wildman–Crippen LogP) is 14.1. The fourth-order valence-corrected chi connectivity index (χ4v) is 8.44. The first-order chi connectivity index (χ1) is 30.7. The summed E-state index contributed by atoms with van der Waals surface area (Å²) in [6.07, 6.45) is 0. The van der Waals surface area contributed by atoms with Gasteiger partial charge in [0.25, 0.3) is 0 Å². The first-order valence-electron chi connectivity index (χ1n) is 20.5. The van der Waals surface area contributed by atoms with E-state index < -0.39 is 0 Å². The largest absolute Gasteiger partial charge is 0.456 e. The molecule has 0 saturated heterocycles. The molecule has 12 rings (SSSR count). The Kier molecular flexibility index (Phi) is 8.35. The molecule has 8 aromatic carbocycles. The van der Waals surface area contributed by atoms with Gasteiger partial charge in [-0.3, -0.25) is 0 Å². The van der Waals surface area contributed by atoms with Crippen LogP contribution in [0, 0.1) is 0 Å². The monoisotopic (exact) mass is 795 g/mol. The molecule has 0 bridgehead atoms. The van der Waals surface area contributed by atoms with Crippen molar-refractivity contribution in [2.75, 3.05) is 0 Å². The summed E-state index contributed by atoms with van der Waals surface area (Å²) in [5.74, 6) is 2.36. The minimum absolute atomic E-state index is 0.562. The molecule has 0 spiro atoms. The van der Waals surface area contributed by atoms with Gasteiger partial charge in [0, 0.05) is 44.0 Å². The van der Waals surface area contributed by atoms with Gasteiger partial charge in [-0.1, -0.05) is 164 Å². The molecule has 7 nitrogen and oxygen atoms in total. The van der Waals surface area contributed by atoms with Crippen LogP contribution >= 0.6 is 0 Å². The Morgan fingerprint density at radius 2 is 0.774 bits per heavy atom. The van der Waals surface area contributed by atoms with Crippen molar-refractivity contribution < 1.29 is 8.83 Å². The number of fused-ring (bicyclic) bond motifs is 6. The summed E-state index contributed by atoms with van der Waals surface area (Å²) in [4.78, 5) is 25.6. The van der Waals surface area contributed by atoms with Crippen LogP contribution in [0.2, 0.25) is 0 Å². The maximum absolute atomic E-state index is 6.60. The summed E-state index contributed by atoms with van der Waals surface area (Å²) in [5, 5.41) is 2.83. The second kappa shape index (κ2) is 14.6. The normalized spacial score (nSPS) is 11.5. The van der Waals surface area contributed by atoms with Crippen LogP contribution < -0.4 is 0 Å². The molecule has 0 aliphatic rings. The SMILES string of the molecule is c1ccc(-c2cccc(-c3nc(-c4cccc(-c5cccc6oc7cccc(-c8nc(-c9ccccc9)nc(-c9ccccc9)n8)c7c56)c4)nc4c3oc3ccccc34)c2)cc1. The van der Waals surface area contributed by atoms with Gasteiger partial charge in [-0.15, -0.1) is 0 Å². The third kappa shape index (κ3) is 6.11. The highest BCUT2D eigenvalue weighted by Crippen LogP contribution is 2.43. The highest BCUT2D eigenvalue weighted by Gasteiger charge is 2.22. The van der Waals surface area contributed by atoms with Crippen molar-refractivity contribution >= 4 is 44.0 Å². The third-order valence-electron chi connectivity index (χ3n) is 11.4. The van der Waals surface area contributed by atoms with Gasteiger partial charge < -0.3 is 8.83 Å². The van der Waals surface area contributed by atoms with Gasteiger partial charge in [0.05, 0.1) is 0 Å². The van der Waals surface area contributed by atoms with E-state index in [9.17, 15) is 0 Å². The minimum Gasteiger partial charge on any atom is -0.456 e. The lowest BCUT2D eigenvalue weighted by molar-refractivity contribution is 0.667. The summed E-state index contributed by atoms with van der Waals surface area (Å²) >= 11 is 0. The number of aromatic nitrogens is 5. The van der Waals surface area contributed by atoms with E-state index in [0.717, 1.165) is 94.2 Å². The van der Waals surface area contributed by atoms with Crippen molar-refractivity contribution in [2.24, 2.45) is 0 Å². The summed E-state index contributed by atoms with van der Waals surface area (Å²) in [7, 11) is 0. The lowest BCUT2D eigenvalue weighted by Gasteiger charge is -2.11. The van der Waals surface area contributed by atoms with Crippen molar-refractivity contribution in [2.45, 2.75) is 0 Å². The van der Waals surface area contributed by atoms with Gasteiger partial charge >= 0.3 is 0 Å². The van der Waals surface area contributed by atoms with Crippen LogP contribution in [0.1, 0.15) is 0 Å². The van der Waals surface area contributed by atoms with Crippen molar-refractivity contribution in [3.63, 3.8) is 0 Å². The van der Waals surface area contributed by atoms with Crippen LogP contribution in [0.15, 0.2) is 209 Å². The molecule has 0 saturated carbocycles. The van der Waals surface area contributed by atoms with Crippen LogP contribution in [-0.4, -0.2) is 24.9 Å². The number of nitrogens with zero attached hydrogens (tertiary/aromatic N) is 5. The highest BCUT2D eigenvalue weighted by atomic mass is 16.3. The Morgan fingerprint density at radius 1 is 0.290 bits per heavy atom. The number of para-hydroxylation sites is 1. The Bertz CT molecular complexity index is 3580. The lowest BCUT2D eigenvalue weighted by atomic mass is 9.95. The minimum atomic E-state index is 0.562. The van der Waals surface area contributed by atoms with Crippen molar-refractivity contribution in [3.8, 4) is 79.1 Å². The molecule has 62 heavy (non-hydrogen) atoms. The van der Waals surface area contributed by atoms with E-state index >= 15 is 0 Å². The van der Waals surface area contributed by atoms with E-state index in [1.165, 1.54) is 0 Å². The van der Waals surface area contributed by atoms with E-state index in [1.54, 1.807) is 0 Å². The van der Waals surface area contributed by atoms with Gasteiger partial charge in [0.1, 0.15) is 28.0 Å². The van der Waals surface area contributed by atoms with Crippen LogP contribution in [0.4, 0.5) is 0 Å². The first kappa shape index (κ1) is 35.4. The van der Waals surface area contributed by atoms with E-state index in [4.69, 9.17) is 33.8 Å². The summed E-state index contributed by atoms with van der Waals surface area (Å²) in [6, 6.07) is 67.6. The molecule has 290 valence electrons. The maximum atomic E-state index is 6.60. The number of hydrogen-bond acceptors (Lipinski definition) is 7. The zero-order valence-electron chi connectivity index (χ0n) is 33.1. The smallest absolute Gasteiger partial charge is 0.180 e. The zero-order chi connectivity index (χ0) is 41.0. The average Bonchev–Trinajstić information content (AvgIpc) is 3.93. The topological polar surface area (TPSA) is 90.7 Å². The molecule has 4 heterocycles. The van der Waals surface area contributed by atoms with Crippen molar-refractivity contribution in [1.82, 2.24) is 24.9 Å². The third-order valence-corrected chi connectivity index (χ3v) is 11.4. The molecule has 12 aromatic rings. The Labute approximate surface area is 355 Å². The average molecular weight is 796 g/mol. The molecule has 7 heteroatoms. The number of rotatable bonds is 7. The number of benzene rings is 8. The summed E-state index contributed by atoms with van der Waals surface area (Å²) in [6.45, 7) is 0. The molecular weight excluding hydrogens is 763 g/mol. The molecule has 4 aromatic heterocycles. The van der Waals surface area contributed by atoms with E-state index in [2.05, 4.69) is 91.0 Å². The molecule has 0 fully saturated rings. The van der Waals surface area contributed by atoms with E-state index in [-0.39, 0.29) is 0 Å². The molecule has 0 amide bonds. The fraction of sp³-hybridized carbons (Fsp3) is 0. The van der Waals surface area contributed by atoms with Gasteiger partial charge in [0.15, 0.2) is 28.9 Å². The lowest BCUT2D eigenvalue weighted by Crippen LogP contribution is -2.00. The molecular formula is C55H33N5O2. The number of hydrogen-bond donors (Lipinski definition) is 0. The first-order valence-corrected chi connectivity index (χ1v) is 20.5. The predicted molar refractivity (Wildman–Crippen MR) is 248 cm³/mol. The molecule has 0 N–H and O–H groups in total. The van der Waals surface area contributed by atoms with Gasteiger partial charge in [-0.05, 0) is 58.7 Å². The zero-order valence-corrected chi connectivity index (χ0v) is 33.1. The van der Waals surface area contributed by atoms with E-state index in [0.29, 0.717) is 28.9 Å². The van der Waals surface area contributed by atoms with Crippen molar-refractivity contribution in [3.05, 3.63) is 200 Å². The molecule has 0 atom stereocenters. The summed E-state index contributed by atoms with van der Waals surface area (Å²) in [5.41, 5.74) is 13.1. The van der Waals surface area contributed by atoms with Crippen LogP contribution in [0.3, 0.4) is 0 Å². The van der Waals surface area contributed by atoms with Gasteiger partial charge in [0.2, 0.25) is 0 Å². The number of furan rings is 2. The highest BCUT2D eigenvalue weighted by molar-refractivity contribution is 6.17. The Balaban J connectivity index is 1.04. The fourth-order valence-electron chi connectivity index (χ4n) is 8.44. The maximum Gasteiger partial charge on any atom is 0.180 e. The second-order valence-corrected chi connectivity index (χ2v) is 15.2. The van der Waals surface area contributed by atoms with Gasteiger partial charge in [-0.25, -0.2) is 24.9 Å². The van der Waals surface area contributed by atoms with Gasteiger partial charge in [-0.2, -0.15) is 0 Å². The van der Waals surface area contributed by atoms with Crippen molar-refractivity contribution in [1.29, 1.82) is 0 Å². The quantitative estimate of drug-likeness (QED) is 0.159. The van der Waals surface area contributed by atoms with E-state index in [1.807, 2.05) is 109 Å².